The van der Waals surface area contributed by atoms with Gasteiger partial charge in [0, 0.05) is 13.6 Å². The highest BCUT2D eigenvalue weighted by Crippen LogP contribution is 2.11. The van der Waals surface area contributed by atoms with Gasteiger partial charge in [0.05, 0.1) is 23.8 Å². The number of pyridine rings is 1. The molecule has 3 heteroatoms. The average Bonchev–Trinajstić information content (AvgIpc) is 2.19. The van der Waals surface area contributed by atoms with Gasteiger partial charge >= 0.3 is 0 Å². The highest BCUT2D eigenvalue weighted by atomic mass is 14.9. The maximum Gasteiger partial charge on any atom is 0.0547 e. The molecule has 0 saturated heterocycles. The molecule has 0 saturated carbocycles. The average molecular weight is 179 g/mol. The fraction of sp³-hybridized carbons (Fsp3) is 0.500. The second kappa shape index (κ2) is 5.41. The minimum absolute atomic E-state index is 1.02. The zero-order chi connectivity index (χ0) is 9.52. The number of hydrogen-bond donors (Lipinski definition) is 2. The van der Waals surface area contributed by atoms with E-state index in [0.717, 1.165) is 17.9 Å². The molecule has 1 rings (SSSR count). The van der Waals surface area contributed by atoms with Crippen LogP contribution in [-0.2, 0) is 0 Å². The molecule has 3 nitrogen and oxygen atoms in total. The molecule has 2 N–H and O–H groups in total. The zero-order valence-electron chi connectivity index (χ0n) is 8.30. The van der Waals surface area contributed by atoms with Crippen LogP contribution in [0.4, 0.5) is 11.4 Å². The van der Waals surface area contributed by atoms with E-state index in [0.29, 0.717) is 0 Å². The van der Waals surface area contributed by atoms with Gasteiger partial charge in [-0.3, -0.25) is 4.98 Å². The third kappa shape index (κ3) is 3.32. The van der Waals surface area contributed by atoms with Crippen LogP contribution < -0.4 is 10.6 Å². The van der Waals surface area contributed by atoms with E-state index in [4.69, 9.17) is 0 Å². The summed E-state index contributed by atoms with van der Waals surface area (Å²) in [4.78, 5) is 4.11. The predicted molar refractivity (Wildman–Crippen MR) is 57.2 cm³/mol. The topological polar surface area (TPSA) is 37.0 Å². The molecule has 0 atom stereocenters. The number of anilines is 2. The van der Waals surface area contributed by atoms with Crippen molar-refractivity contribution in [2.45, 2.75) is 19.8 Å². The molecule has 0 unspecified atom stereocenters. The maximum absolute atomic E-state index is 4.11. The lowest BCUT2D eigenvalue weighted by atomic mass is 10.3. The molecule has 72 valence electrons. The summed E-state index contributed by atoms with van der Waals surface area (Å²) in [6, 6.07) is 2.06. The van der Waals surface area contributed by atoms with E-state index in [2.05, 4.69) is 28.6 Å². The summed E-state index contributed by atoms with van der Waals surface area (Å²) in [5.41, 5.74) is 2.13. The van der Waals surface area contributed by atoms with Gasteiger partial charge in [-0.2, -0.15) is 0 Å². The van der Waals surface area contributed by atoms with Crippen LogP contribution in [-0.4, -0.2) is 18.6 Å². The molecule has 0 bridgehead atoms. The minimum atomic E-state index is 1.02. The smallest absolute Gasteiger partial charge is 0.0547 e. The Labute approximate surface area is 79.6 Å². The van der Waals surface area contributed by atoms with E-state index >= 15 is 0 Å². The summed E-state index contributed by atoms with van der Waals surface area (Å²) >= 11 is 0. The predicted octanol–water partition coefficient (Wildman–Crippen LogP) is 2.34. The number of nitrogens with one attached hydrogen (secondary N) is 2. The lowest BCUT2D eigenvalue weighted by Gasteiger charge is -2.06. The van der Waals surface area contributed by atoms with Crippen molar-refractivity contribution >= 4 is 11.4 Å². The summed E-state index contributed by atoms with van der Waals surface area (Å²) < 4.78 is 0. The normalized spacial score (nSPS) is 9.69. The van der Waals surface area contributed by atoms with Gasteiger partial charge in [-0.15, -0.1) is 0 Å². The summed E-state index contributed by atoms with van der Waals surface area (Å²) in [5, 5.41) is 6.37. The molecule has 1 heterocycles. The second-order valence-corrected chi connectivity index (χ2v) is 2.99. The lowest BCUT2D eigenvalue weighted by Crippen LogP contribution is -2.01. The second-order valence-electron chi connectivity index (χ2n) is 2.99. The Morgan fingerprint density at radius 1 is 1.31 bits per heavy atom. The van der Waals surface area contributed by atoms with Crippen LogP contribution in [0.2, 0.25) is 0 Å². The number of aromatic nitrogens is 1. The molecule has 0 aromatic carbocycles. The van der Waals surface area contributed by atoms with Gasteiger partial charge in [0.15, 0.2) is 0 Å². The van der Waals surface area contributed by atoms with E-state index in [1.54, 1.807) is 0 Å². The summed E-state index contributed by atoms with van der Waals surface area (Å²) in [7, 11) is 1.90. The molecule has 13 heavy (non-hydrogen) atoms. The first-order chi connectivity index (χ1) is 6.36. The van der Waals surface area contributed by atoms with Gasteiger partial charge in [0.25, 0.3) is 0 Å². The van der Waals surface area contributed by atoms with E-state index in [1.807, 2.05) is 19.4 Å². The first kappa shape index (κ1) is 9.84. The SMILES string of the molecule is CCCCNc1cncc(NC)c1. The van der Waals surface area contributed by atoms with Crippen LogP contribution in [0.3, 0.4) is 0 Å². The Kier molecular flexibility index (Phi) is 4.09. The Morgan fingerprint density at radius 3 is 2.77 bits per heavy atom. The zero-order valence-corrected chi connectivity index (χ0v) is 8.30. The van der Waals surface area contributed by atoms with E-state index in [9.17, 15) is 0 Å². The maximum atomic E-state index is 4.11. The summed E-state index contributed by atoms with van der Waals surface area (Å²) in [5.74, 6) is 0. The van der Waals surface area contributed by atoms with Gasteiger partial charge in [-0.1, -0.05) is 13.3 Å². The fourth-order valence-corrected chi connectivity index (χ4v) is 1.08. The molecule has 0 amide bonds. The fourth-order valence-electron chi connectivity index (χ4n) is 1.08. The first-order valence-corrected chi connectivity index (χ1v) is 4.73. The highest BCUT2D eigenvalue weighted by Gasteiger charge is 1.93. The van der Waals surface area contributed by atoms with Crippen molar-refractivity contribution in [1.82, 2.24) is 4.98 Å². The van der Waals surface area contributed by atoms with Gasteiger partial charge in [0.2, 0.25) is 0 Å². The van der Waals surface area contributed by atoms with Crippen molar-refractivity contribution < 1.29 is 0 Å². The van der Waals surface area contributed by atoms with E-state index < -0.39 is 0 Å². The van der Waals surface area contributed by atoms with Crippen molar-refractivity contribution in [3.05, 3.63) is 18.5 Å². The lowest BCUT2D eigenvalue weighted by molar-refractivity contribution is 0.834. The molecule has 0 fully saturated rings. The van der Waals surface area contributed by atoms with Gasteiger partial charge < -0.3 is 10.6 Å². The van der Waals surface area contributed by atoms with Crippen molar-refractivity contribution in [2.24, 2.45) is 0 Å². The molecule has 0 aliphatic carbocycles. The van der Waals surface area contributed by atoms with Crippen LogP contribution in [0.15, 0.2) is 18.5 Å². The largest absolute Gasteiger partial charge is 0.387 e. The molecule has 0 spiro atoms. The van der Waals surface area contributed by atoms with Gasteiger partial charge in [-0.25, -0.2) is 0 Å². The minimum Gasteiger partial charge on any atom is -0.387 e. The van der Waals surface area contributed by atoms with Gasteiger partial charge in [-0.05, 0) is 12.5 Å². The standard InChI is InChI=1S/C10H17N3/c1-3-4-5-13-10-6-9(11-2)7-12-8-10/h6-8,11,13H,3-5H2,1-2H3. The molecule has 0 radical (unpaired) electrons. The summed E-state index contributed by atoms with van der Waals surface area (Å²) in [6.45, 7) is 3.20. The van der Waals surface area contributed by atoms with Crippen LogP contribution in [0.5, 0.6) is 0 Å². The summed E-state index contributed by atoms with van der Waals surface area (Å²) in [6.07, 6.45) is 6.07. The highest BCUT2D eigenvalue weighted by molar-refractivity contribution is 5.53. The number of rotatable bonds is 5. The molecule has 1 aromatic rings. The number of unbranched alkanes of at least 4 members (excludes halogenated alkanes) is 1. The van der Waals surface area contributed by atoms with Crippen molar-refractivity contribution in [3.8, 4) is 0 Å². The Hall–Kier alpha value is -1.25. The van der Waals surface area contributed by atoms with Crippen LogP contribution in [0.1, 0.15) is 19.8 Å². The molecule has 1 aromatic heterocycles. The monoisotopic (exact) mass is 179 g/mol. The molecule has 0 aliphatic rings. The molecular weight excluding hydrogens is 162 g/mol. The van der Waals surface area contributed by atoms with Crippen molar-refractivity contribution in [3.63, 3.8) is 0 Å². The van der Waals surface area contributed by atoms with E-state index in [1.165, 1.54) is 12.8 Å². The van der Waals surface area contributed by atoms with Crippen molar-refractivity contribution in [2.75, 3.05) is 24.2 Å². The Morgan fingerprint density at radius 2 is 2.08 bits per heavy atom. The van der Waals surface area contributed by atoms with Gasteiger partial charge in [0.1, 0.15) is 0 Å². The molecular formula is C10H17N3. The quantitative estimate of drug-likeness (QED) is 0.681. The van der Waals surface area contributed by atoms with Crippen LogP contribution in [0, 0.1) is 0 Å². The number of nitrogens with zero attached hydrogens (tertiary/aromatic N) is 1. The Bertz CT molecular complexity index is 248. The first-order valence-electron chi connectivity index (χ1n) is 4.73. The number of hydrogen-bond acceptors (Lipinski definition) is 3. The third-order valence-corrected chi connectivity index (χ3v) is 1.89. The van der Waals surface area contributed by atoms with Crippen LogP contribution >= 0.6 is 0 Å². The van der Waals surface area contributed by atoms with Crippen LogP contribution in [0.25, 0.3) is 0 Å². The third-order valence-electron chi connectivity index (χ3n) is 1.89. The Balaban J connectivity index is 2.46. The molecule has 0 aliphatic heterocycles. The van der Waals surface area contributed by atoms with E-state index in [-0.39, 0.29) is 0 Å². The van der Waals surface area contributed by atoms with Crippen molar-refractivity contribution in [1.29, 1.82) is 0 Å².